The SMILES string of the molecule is CN1CCO[C@@H](CNC(=O)[C@@]2(C)[C@H](c3ccc(Cl)o3)C(c3ccc(F)cc3F)=NN2c2ccc(F)cc2F)C1. The third-order valence-corrected chi connectivity index (χ3v) is 7.20. The molecule has 2 aliphatic heterocycles. The number of benzene rings is 2. The summed E-state index contributed by atoms with van der Waals surface area (Å²) in [7, 11) is 1.93. The van der Waals surface area contributed by atoms with Crippen LogP contribution in [-0.2, 0) is 9.53 Å². The lowest BCUT2D eigenvalue weighted by Gasteiger charge is -2.37. The summed E-state index contributed by atoms with van der Waals surface area (Å²) in [6.07, 6.45) is -0.305. The number of ether oxygens (including phenoxy) is 1. The molecule has 0 saturated carbocycles. The Morgan fingerprint density at radius 2 is 1.82 bits per heavy atom. The summed E-state index contributed by atoms with van der Waals surface area (Å²) in [5.41, 5.74) is -2.16. The molecule has 1 aromatic heterocycles. The van der Waals surface area contributed by atoms with E-state index in [1.165, 1.54) is 25.1 Å². The van der Waals surface area contributed by atoms with Crippen LogP contribution in [0.5, 0.6) is 0 Å². The van der Waals surface area contributed by atoms with Gasteiger partial charge in [0.25, 0.3) is 0 Å². The first-order chi connectivity index (χ1) is 18.6. The van der Waals surface area contributed by atoms with Crippen molar-refractivity contribution in [3.05, 3.63) is 88.3 Å². The molecule has 206 valence electrons. The second-order valence-electron chi connectivity index (χ2n) is 9.70. The molecule has 12 heteroatoms. The number of morpholine rings is 1. The highest BCUT2D eigenvalue weighted by Crippen LogP contribution is 2.46. The third-order valence-electron chi connectivity index (χ3n) is 7.00. The van der Waals surface area contributed by atoms with E-state index in [2.05, 4.69) is 15.3 Å². The number of hydrazone groups is 1. The molecule has 1 fully saturated rings. The molecule has 0 bridgehead atoms. The summed E-state index contributed by atoms with van der Waals surface area (Å²) in [5.74, 6) is -5.19. The molecular weight excluding hydrogens is 540 g/mol. The number of carbonyl (C=O) groups excluding carboxylic acids is 1. The summed E-state index contributed by atoms with van der Waals surface area (Å²) < 4.78 is 69.3. The number of nitrogens with zero attached hydrogens (tertiary/aromatic N) is 3. The smallest absolute Gasteiger partial charge is 0.249 e. The van der Waals surface area contributed by atoms with Gasteiger partial charge < -0.3 is 19.4 Å². The van der Waals surface area contributed by atoms with Crippen LogP contribution < -0.4 is 10.3 Å². The lowest BCUT2D eigenvalue weighted by atomic mass is 9.78. The minimum absolute atomic E-state index is 0.00302. The van der Waals surface area contributed by atoms with Crippen LogP contribution >= 0.6 is 11.6 Å². The van der Waals surface area contributed by atoms with Crippen LogP contribution in [0, 0.1) is 23.3 Å². The van der Waals surface area contributed by atoms with Crippen molar-refractivity contribution in [3.63, 3.8) is 0 Å². The monoisotopic (exact) mass is 564 g/mol. The highest BCUT2D eigenvalue weighted by molar-refractivity contribution is 6.28. The van der Waals surface area contributed by atoms with E-state index in [1.54, 1.807) is 0 Å². The van der Waals surface area contributed by atoms with Gasteiger partial charge in [-0.05, 0) is 62.0 Å². The van der Waals surface area contributed by atoms with E-state index < -0.39 is 40.6 Å². The molecule has 1 amide bonds. The normalized spacial score (nSPS) is 23.7. The Bertz CT molecular complexity index is 1430. The van der Waals surface area contributed by atoms with Crippen molar-refractivity contribution in [1.82, 2.24) is 10.2 Å². The molecule has 3 heterocycles. The van der Waals surface area contributed by atoms with Crippen molar-refractivity contribution >= 4 is 28.9 Å². The lowest BCUT2D eigenvalue weighted by molar-refractivity contribution is -0.127. The zero-order valence-corrected chi connectivity index (χ0v) is 21.8. The van der Waals surface area contributed by atoms with Gasteiger partial charge in [-0.15, -0.1) is 0 Å². The molecule has 2 aliphatic rings. The third kappa shape index (κ3) is 5.13. The number of nitrogens with one attached hydrogen (secondary N) is 1. The Labute approximate surface area is 227 Å². The van der Waals surface area contributed by atoms with Gasteiger partial charge in [0.2, 0.25) is 5.91 Å². The maximum atomic E-state index is 15.1. The predicted octanol–water partition coefficient (Wildman–Crippen LogP) is 4.70. The Hall–Kier alpha value is -3.41. The highest BCUT2D eigenvalue weighted by Gasteiger charge is 2.57. The number of furan rings is 1. The Kier molecular flexibility index (Phi) is 7.41. The fourth-order valence-corrected chi connectivity index (χ4v) is 5.17. The summed E-state index contributed by atoms with van der Waals surface area (Å²) in [6.45, 7) is 3.43. The van der Waals surface area contributed by atoms with E-state index in [0.29, 0.717) is 25.3 Å². The molecule has 0 aliphatic carbocycles. The number of amides is 1. The van der Waals surface area contributed by atoms with Crippen molar-refractivity contribution in [2.45, 2.75) is 24.5 Å². The molecule has 1 saturated heterocycles. The highest BCUT2D eigenvalue weighted by atomic mass is 35.5. The summed E-state index contributed by atoms with van der Waals surface area (Å²) in [4.78, 5) is 16.1. The first kappa shape index (κ1) is 27.2. The number of carbonyl (C=O) groups is 1. The zero-order valence-electron chi connectivity index (χ0n) is 21.1. The molecule has 3 aromatic rings. The van der Waals surface area contributed by atoms with Crippen molar-refractivity contribution in [3.8, 4) is 0 Å². The quantitative estimate of drug-likeness (QED) is 0.440. The molecule has 7 nitrogen and oxygen atoms in total. The average molecular weight is 565 g/mol. The van der Waals surface area contributed by atoms with Crippen LogP contribution in [0.4, 0.5) is 23.2 Å². The van der Waals surface area contributed by atoms with E-state index in [9.17, 15) is 13.6 Å². The van der Waals surface area contributed by atoms with Crippen LogP contribution in [0.1, 0.15) is 24.2 Å². The van der Waals surface area contributed by atoms with Crippen molar-refractivity contribution in [2.24, 2.45) is 5.10 Å². The second-order valence-corrected chi connectivity index (χ2v) is 10.1. The summed E-state index contributed by atoms with van der Waals surface area (Å²) >= 11 is 6.06. The van der Waals surface area contributed by atoms with E-state index in [1.807, 2.05) is 7.05 Å². The van der Waals surface area contributed by atoms with Crippen LogP contribution in [0.3, 0.4) is 0 Å². The van der Waals surface area contributed by atoms with Gasteiger partial charge in [0, 0.05) is 37.3 Å². The summed E-state index contributed by atoms with van der Waals surface area (Å²) in [5, 5.41) is 8.41. The number of likely N-dealkylation sites (N-methyl/N-ethyl adjacent to an activating group) is 1. The van der Waals surface area contributed by atoms with Gasteiger partial charge in [0.15, 0.2) is 16.6 Å². The molecule has 0 spiro atoms. The molecule has 5 rings (SSSR count). The van der Waals surface area contributed by atoms with Gasteiger partial charge in [0.05, 0.1) is 30.0 Å². The number of anilines is 1. The van der Waals surface area contributed by atoms with Gasteiger partial charge in [-0.25, -0.2) is 22.6 Å². The maximum Gasteiger partial charge on any atom is 0.249 e. The van der Waals surface area contributed by atoms with Gasteiger partial charge in [0.1, 0.15) is 23.2 Å². The van der Waals surface area contributed by atoms with Gasteiger partial charge >= 0.3 is 0 Å². The fourth-order valence-electron chi connectivity index (χ4n) is 5.02. The number of rotatable bonds is 6. The molecule has 39 heavy (non-hydrogen) atoms. The van der Waals surface area contributed by atoms with Crippen LogP contribution in [0.25, 0.3) is 0 Å². The lowest BCUT2D eigenvalue weighted by Crippen LogP contribution is -2.58. The number of halogens is 5. The molecule has 2 aromatic carbocycles. The summed E-state index contributed by atoms with van der Waals surface area (Å²) in [6, 6.07) is 8.66. The zero-order chi connectivity index (χ0) is 27.9. The van der Waals surface area contributed by atoms with E-state index in [-0.39, 0.29) is 40.6 Å². The Morgan fingerprint density at radius 3 is 2.46 bits per heavy atom. The van der Waals surface area contributed by atoms with E-state index >= 15 is 8.78 Å². The Morgan fingerprint density at radius 1 is 1.10 bits per heavy atom. The first-order valence-electron chi connectivity index (χ1n) is 12.2. The van der Waals surface area contributed by atoms with E-state index in [0.717, 1.165) is 29.8 Å². The standard InChI is InChI=1S/C27H25ClF4N4O3/c1-27(26(37)33-13-17-14-35(2)9-10-38-17)24(22-7-8-23(28)39-22)25(18-5-3-15(29)11-19(18)31)34-36(27)21-6-4-16(30)12-20(21)32/h3-8,11-12,17,24H,9-10,13-14H2,1-2H3,(H,33,37)/t17-,24+,27+/m0/s1. The van der Waals surface area contributed by atoms with Crippen LogP contribution in [0.15, 0.2) is 58.0 Å². The number of hydrogen-bond acceptors (Lipinski definition) is 6. The average Bonchev–Trinajstić information content (AvgIpc) is 3.43. The first-order valence-corrected chi connectivity index (χ1v) is 12.6. The van der Waals surface area contributed by atoms with Crippen molar-refractivity contribution in [1.29, 1.82) is 0 Å². The number of hydrogen-bond donors (Lipinski definition) is 1. The maximum absolute atomic E-state index is 15.1. The second kappa shape index (κ2) is 10.6. The molecule has 1 N–H and O–H groups in total. The minimum Gasteiger partial charge on any atom is -0.449 e. The largest absolute Gasteiger partial charge is 0.449 e. The molecular formula is C27H25ClF4N4O3. The van der Waals surface area contributed by atoms with Gasteiger partial charge in [-0.2, -0.15) is 5.10 Å². The van der Waals surface area contributed by atoms with Crippen molar-refractivity contribution < 1.29 is 31.5 Å². The van der Waals surface area contributed by atoms with E-state index in [4.69, 9.17) is 20.8 Å². The minimum atomic E-state index is -1.77. The van der Waals surface area contributed by atoms with Crippen LogP contribution in [-0.4, -0.2) is 61.5 Å². The fraction of sp³-hybridized carbons (Fsp3) is 0.333. The van der Waals surface area contributed by atoms with Gasteiger partial charge in [-0.1, -0.05) is 0 Å². The van der Waals surface area contributed by atoms with Gasteiger partial charge in [-0.3, -0.25) is 4.79 Å². The molecule has 0 unspecified atom stereocenters. The van der Waals surface area contributed by atoms with Crippen molar-refractivity contribution in [2.75, 3.05) is 38.3 Å². The molecule has 3 atom stereocenters. The molecule has 0 radical (unpaired) electrons. The Balaban J connectivity index is 1.63. The van der Waals surface area contributed by atoms with Crippen LogP contribution in [0.2, 0.25) is 5.22 Å². The predicted molar refractivity (Wildman–Crippen MR) is 137 cm³/mol. The topological polar surface area (TPSA) is 70.3 Å².